The highest BCUT2D eigenvalue weighted by molar-refractivity contribution is 8.01. The minimum absolute atomic E-state index is 0.0541. The number of amides is 1. The van der Waals surface area contributed by atoms with E-state index < -0.39 is 0 Å². The van der Waals surface area contributed by atoms with Gasteiger partial charge < -0.3 is 10.6 Å². The lowest BCUT2D eigenvalue weighted by atomic mass is 10.0. The standard InChI is InChI=1S/C19H19FN4OS2/c1-13(14-7-3-2-4-8-14)11-21-17(25)12-26-19-24-23-18(27-19)22-16-10-6-5-9-15(16)20/h2-10,13H,11-12H2,1H3,(H,21,25)(H,22,23). The molecule has 27 heavy (non-hydrogen) atoms. The Bertz CT molecular complexity index is 888. The van der Waals surface area contributed by atoms with Crippen molar-refractivity contribution < 1.29 is 9.18 Å². The van der Waals surface area contributed by atoms with Gasteiger partial charge in [0.25, 0.3) is 0 Å². The van der Waals surface area contributed by atoms with Gasteiger partial charge in [0.2, 0.25) is 11.0 Å². The molecule has 3 aromatic rings. The maximum atomic E-state index is 13.6. The number of carbonyl (C=O) groups excluding carboxylic acids is 1. The Hall–Kier alpha value is -2.45. The molecule has 0 saturated carbocycles. The number of nitrogens with zero attached hydrogens (tertiary/aromatic N) is 2. The van der Waals surface area contributed by atoms with E-state index >= 15 is 0 Å². The lowest BCUT2D eigenvalue weighted by Crippen LogP contribution is -2.28. The molecule has 5 nitrogen and oxygen atoms in total. The highest BCUT2D eigenvalue weighted by Gasteiger charge is 2.11. The van der Waals surface area contributed by atoms with Gasteiger partial charge in [0.15, 0.2) is 4.34 Å². The van der Waals surface area contributed by atoms with Gasteiger partial charge in [-0.25, -0.2) is 4.39 Å². The first-order valence-corrected chi connectivity index (χ1v) is 10.2. The molecule has 8 heteroatoms. The minimum atomic E-state index is -0.353. The van der Waals surface area contributed by atoms with Gasteiger partial charge in [-0.15, -0.1) is 10.2 Å². The van der Waals surface area contributed by atoms with Crippen molar-refractivity contribution in [3.8, 4) is 0 Å². The number of halogens is 1. The highest BCUT2D eigenvalue weighted by Crippen LogP contribution is 2.28. The predicted molar refractivity (Wildman–Crippen MR) is 108 cm³/mol. The number of hydrogen-bond donors (Lipinski definition) is 2. The van der Waals surface area contributed by atoms with E-state index in [1.54, 1.807) is 18.2 Å². The van der Waals surface area contributed by atoms with Crippen molar-refractivity contribution >= 4 is 39.8 Å². The second-order valence-corrected chi connectivity index (χ2v) is 8.08. The summed E-state index contributed by atoms with van der Waals surface area (Å²) in [5, 5.41) is 14.3. The molecule has 0 aliphatic heterocycles. The van der Waals surface area contributed by atoms with Gasteiger partial charge in [-0.05, 0) is 23.6 Å². The van der Waals surface area contributed by atoms with Gasteiger partial charge in [0, 0.05) is 6.54 Å². The number of hydrogen-bond acceptors (Lipinski definition) is 6. The lowest BCUT2D eigenvalue weighted by molar-refractivity contribution is -0.118. The van der Waals surface area contributed by atoms with Gasteiger partial charge in [0.05, 0.1) is 11.4 Å². The van der Waals surface area contributed by atoms with E-state index in [0.717, 1.165) is 0 Å². The van der Waals surface area contributed by atoms with Gasteiger partial charge >= 0.3 is 0 Å². The number of carbonyl (C=O) groups is 1. The summed E-state index contributed by atoms with van der Waals surface area (Å²) in [6.45, 7) is 2.66. The van der Waals surface area contributed by atoms with Crippen molar-refractivity contribution in [2.75, 3.05) is 17.6 Å². The summed E-state index contributed by atoms with van der Waals surface area (Å²) in [6, 6.07) is 16.4. The van der Waals surface area contributed by atoms with Crippen LogP contribution in [0.4, 0.5) is 15.2 Å². The largest absolute Gasteiger partial charge is 0.355 e. The summed E-state index contributed by atoms with van der Waals surface area (Å²) in [5.41, 5.74) is 1.54. The molecule has 0 spiro atoms. The maximum Gasteiger partial charge on any atom is 0.230 e. The molecule has 0 aliphatic rings. The fourth-order valence-electron chi connectivity index (χ4n) is 2.34. The molecule has 1 amide bonds. The van der Waals surface area contributed by atoms with Crippen LogP contribution in [-0.4, -0.2) is 28.4 Å². The average Bonchev–Trinajstić information content (AvgIpc) is 3.14. The molecule has 0 fully saturated rings. The zero-order chi connectivity index (χ0) is 19.1. The van der Waals surface area contributed by atoms with E-state index in [4.69, 9.17) is 0 Å². The molecular formula is C19H19FN4OS2. The van der Waals surface area contributed by atoms with Crippen molar-refractivity contribution in [3.63, 3.8) is 0 Å². The van der Waals surface area contributed by atoms with Crippen LogP contribution in [0.1, 0.15) is 18.4 Å². The second kappa shape index (κ2) is 9.48. The SMILES string of the molecule is CC(CNC(=O)CSc1nnc(Nc2ccccc2F)s1)c1ccccc1. The number of rotatable bonds is 8. The number of anilines is 2. The molecule has 140 valence electrons. The van der Waals surface area contributed by atoms with Gasteiger partial charge in [-0.2, -0.15) is 0 Å². The molecule has 0 saturated heterocycles. The third kappa shape index (κ3) is 5.77. The molecule has 2 N–H and O–H groups in total. The van der Waals surface area contributed by atoms with Crippen molar-refractivity contribution in [3.05, 3.63) is 66.0 Å². The molecule has 1 atom stereocenters. The zero-order valence-electron chi connectivity index (χ0n) is 14.7. The van der Waals surface area contributed by atoms with E-state index in [0.29, 0.717) is 21.7 Å². The van der Waals surface area contributed by atoms with Crippen molar-refractivity contribution in [2.45, 2.75) is 17.2 Å². The Labute approximate surface area is 165 Å². The summed E-state index contributed by atoms with van der Waals surface area (Å²) in [4.78, 5) is 12.1. The van der Waals surface area contributed by atoms with Crippen molar-refractivity contribution in [1.29, 1.82) is 0 Å². The van der Waals surface area contributed by atoms with Gasteiger partial charge in [0.1, 0.15) is 5.82 Å². The molecule has 0 radical (unpaired) electrons. The number of nitrogens with one attached hydrogen (secondary N) is 2. The fourth-order valence-corrected chi connectivity index (χ4v) is 3.94. The van der Waals surface area contributed by atoms with E-state index in [1.807, 2.05) is 18.2 Å². The summed E-state index contributed by atoms with van der Waals surface area (Å²) in [7, 11) is 0. The smallest absolute Gasteiger partial charge is 0.230 e. The molecule has 1 aromatic heterocycles. The van der Waals surface area contributed by atoms with E-state index in [2.05, 4.69) is 39.9 Å². The molecular weight excluding hydrogens is 383 g/mol. The molecule has 0 bridgehead atoms. The first-order valence-electron chi connectivity index (χ1n) is 8.41. The number of thioether (sulfide) groups is 1. The fraction of sp³-hybridized carbons (Fsp3) is 0.211. The molecule has 1 unspecified atom stereocenters. The minimum Gasteiger partial charge on any atom is -0.355 e. The molecule has 1 heterocycles. The first-order chi connectivity index (χ1) is 13.1. The van der Waals surface area contributed by atoms with Crippen LogP contribution in [0.15, 0.2) is 58.9 Å². The van der Waals surface area contributed by atoms with E-state index in [1.165, 1.54) is 34.7 Å². The Morgan fingerprint density at radius 1 is 1.15 bits per heavy atom. The summed E-state index contributed by atoms with van der Waals surface area (Å²) in [6.07, 6.45) is 0. The maximum absolute atomic E-state index is 13.6. The number of aromatic nitrogens is 2. The Balaban J connectivity index is 1.44. The molecule has 2 aromatic carbocycles. The number of benzene rings is 2. The zero-order valence-corrected chi connectivity index (χ0v) is 16.3. The third-order valence-electron chi connectivity index (χ3n) is 3.82. The summed E-state index contributed by atoms with van der Waals surface area (Å²) in [5.74, 6) is 0.101. The van der Waals surface area contributed by atoms with Gasteiger partial charge in [-0.3, -0.25) is 4.79 Å². The topological polar surface area (TPSA) is 66.9 Å². The van der Waals surface area contributed by atoms with Crippen molar-refractivity contribution in [2.24, 2.45) is 0 Å². The van der Waals surface area contributed by atoms with Crippen LogP contribution >= 0.6 is 23.1 Å². The van der Waals surface area contributed by atoms with Crippen LogP contribution in [0.5, 0.6) is 0 Å². The number of para-hydroxylation sites is 1. The quantitative estimate of drug-likeness (QED) is 0.546. The normalized spacial score (nSPS) is 11.8. The summed E-state index contributed by atoms with van der Waals surface area (Å²) < 4.78 is 14.3. The van der Waals surface area contributed by atoms with Crippen LogP contribution < -0.4 is 10.6 Å². The van der Waals surface area contributed by atoms with E-state index in [9.17, 15) is 9.18 Å². The van der Waals surface area contributed by atoms with Crippen LogP contribution in [0.3, 0.4) is 0 Å². The summed E-state index contributed by atoms with van der Waals surface area (Å²) >= 11 is 2.59. The Morgan fingerprint density at radius 2 is 1.89 bits per heavy atom. The van der Waals surface area contributed by atoms with Crippen molar-refractivity contribution in [1.82, 2.24) is 15.5 Å². The van der Waals surface area contributed by atoms with Crippen LogP contribution in [0.2, 0.25) is 0 Å². The first kappa shape index (κ1) is 19.3. The Morgan fingerprint density at radius 3 is 2.67 bits per heavy atom. The predicted octanol–water partition coefficient (Wildman–Crippen LogP) is 4.43. The monoisotopic (exact) mass is 402 g/mol. The van der Waals surface area contributed by atoms with Gasteiger partial charge in [-0.1, -0.05) is 72.5 Å². The van der Waals surface area contributed by atoms with Crippen LogP contribution in [0.25, 0.3) is 0 Å². The second-order valence-electron chi connectivity index (χ2n) is 5.88. The Kier molecular flexibility index (Phi) is 6.78. The molecule has 3 rings (SSSR count). The van der Waals surface area contributed by atoms with Crippen LogP contribution in [0, 0.1) is 5.82 Å². The molecule has 0 aliphatic carbocycles. The third-order valence-corrected chi connectivity index (χ3v) is 5.79. The van der Waals surface area contributed by atoms with E-state index in [-0.39, 0.29) is 23.4 Å². The average molecular weight is 403 g/mol. The lowest BCUT2D eigenvalue weighted by Gasteiger charge is -2.12. The van der Waals surface area contributed by atoms with Crippen LogP contribution in [-0.2, 0) is 4.79 Å². The highest BCUT2D eigenvalue weighted by atomic mass is 32.2.